The van der Waals surface area contributed by atoms with Crippen molar-refractivity contribution in [2.75, 3.05) is 5.32 Å². The van der Waals surface area contributed by atoms with E-state index >= 15 is 0 Å². The van der Waals surface area contributed by atoms with Crippen molar-refractivity contribution in [3.8, 4) is 0 Å². The molecule has 100 valence electrons. The van der Waals surface area contributed by atoms with Gasteiger partial charge in [0, 0.05) is 17.1 Å². The highest BCUT2D eigenvalue weighted by Gasteiger charge is 2.32. The zero-order valence-corrected chi connectivity index (χ0v) is 12.1. The topological polar surface area (TPSA) is 12.0 Å². The van der Waals surface area contributed by atoms with Crippen LogP contribution in [-0.4, -0.2) is 6.04 Å². The van der Waals surface area contributed by atoms with Crippen molar-refractivity contribution in [1.29, 1.82) is 0 Å². The first kappa shape index (κ1) is 12.5. The molecule has 2 saturated carbocycles. The van der Waals surface area contributed by atoms with Crippen molar-refractivity contribution in [3.05, 3.63) is 16.8 Å². The second-order valence-electron chi connectivity index (χ2n) is 6.11. The molecule has 2 unspecified atom stereocenters. The SMILES string of the molecule is c1cc(NC2CCCCC2C2CCCCC2)cs1. The smallest absolute Gasteiger partial charge is 0.0451 e. The molecule has 1 heterocycles. The zero-order chi connectivity index (χ0) is 12.2. The average molecular weight is 263 g/mol. The first-order valence-corrected chi connectivity index (χ1v) is 8.66. The van der Waals surface area contributed by atoms with E-state index in [2.05, 4.69) is 22.1 Å². The van der Waals surface area contributed by atoms with Gasteiger partial charge in [0.05, 0.1) is 0 Å². The third-order valence-corrected chi connectivity index (χ3v) is 5.63. The Labute approximate surface area is 115 Å². The van der Waals surface area contributed by atoms with Crippen molar-refractivity contribution in [2.45, 2.75) is 63.8 Å². The predicted molar refractivity (Wildman–Crippen MR) is 80.3 cm³/mol. The van der Waals surface area contributed by atoms with E-state index in [9.17, 15) is 0 Å². The monoisotopic (exact) mass is 263 g/mol. The number of hydrogen-bond donors (Lipinski definition) is 1. The number of anilines is 1. The average Bonchev–Trinajstić information content (AvgIpc) is 2.93. The highest BCUT2D eigenvalue weighted by molar-refractivity contribution is 7.08. The van der Waals surface area contributed by atoms with Crippen molar-refractivity contribution in [2.24, 2.45) is 11.8 Å². The number of thiophene rings is 1. The van der Waals surface area contributed by atoms with Crippen LogP contribution in [0.15, 0.2) is 16.8 Å². The highest BCUT2D eigenvalue weighted by Crippen LogP contribution is 2.39. The summed E-state index contributed by atoms with van der Waals surface area (Å²) < 4.78 is 0. The van der Waals surface area contributed by atoms with Gasteiger partial charge in [-0.2, -0.15) is 11.3 Å². The summed E-state index contributed by atoms with van der Waals surface area (Å²) in [7, 11) is 0. The Kier molecular flexibility index (Phi) is 4.24. The number of rotatable bonds is 3. The summed E-state index contributed by atoms with van der Waals surface area (Å²) in [5.74, 6) is 1.95. The van der Waals surface area contributed by atoms with Gasteiger partial charge in [-0.15, -0.1) is 0 Å². The van der Waals surface area contributed by atoms with Crippen LogP contribution in [-0.2, 0) is 0 Å². The summed E-state index contributed by atoms with van der Waals surface area (Å²) in [6, 6.07) is 2.98. The number of hydrogen-bond acceptors (Lipinski definition) is 2. The molecule has 0 radical (unpaired) electrons. The van der Waals surface area contributed by atoms with Crippen LogP contribution in [0.25, 0.3) is 0 Å². The first-order chi connectivity index (χ1) is 8.93. The van der Waals surface area contributed by atoms with Gasteiger partial charge in [-0.3, -0.25) is 0 Å². The van der Waals surface area contributed by atoms with E-state index in [1.54, 1.807) is 11.3 Å². The molecule has 0 aliphatic heterocycles. The third-order valence-electron chi connectivity index (χ3n) is 4.95. The molecule has 0 spiro atoms. The minimum Gasteiger partial charge on any atom is -0.381 e. The summed E-state index contributed by atoms with van der Waals surface area (Å²) in [6.45, 7) is 0. The normalized spacial score (nSPS) is 30.2. The van der Waals surface area contributed by atoms with Crippen molar-refractivity contribution >= 4 is 17.0 Å². The largest absolute Gasteiger partial charge is 0.381 e. The van der Waals surface area contributed by atoms with E-state index < -0.39 is 0 Å². The fourth-order valence-corrected chi connectivity index (χ4v) is 4.62. The Bertz CT molecular complexity index is 340. The lowest BCUT2D eigenvalue weighted by atomic mass is 9.71. The second-order valence-corrected chi connectivity index (χ2v) is 6.89. The first-order valence-electron chi connectivity index (χ1n) is 7.72. The van der Waals surface area contributed by atoms with E-state index in [-0.39, 0.29) is 0 Å². The zero-order valence-electron chi connectivity index (χ0n) is 11.2. The molecule has 2 heteroatoms. The van der Waals surface area contributed by atoms with Crippen LogP contribution in [0.5, 0.6) is 0 Å². The van der Waals surface area contributed by atoms with Gasteiger partial charge in [0.2, 0.25) is 0 Å². The van der Waals surface area contributed by atoms with Crippen LogP contribution in [0.4, 0.5) is 5.69 Å². The van der Waals surface area contributed by atoms with Crippen LogP contribution in [0.1, 0.15) is 57.8 Å². The summed E-state index contributed by atoms with van der Waals surface area (Å²) in [6.07, 6.45) is 13.2. The van der Waals surface area contributed by atoms with E-state index in [1.807, 2.05) is 0 Å². The van der Waals surface area contributed by atoms with E-state index in [0.717, 1.165) is 17.9 Å². The van der Waals surface area contributed by atoms with E-state index in [0.29, 0.717) is 0 Å². The second kappa shape index (κ2) is 6.10. The lowest BCUT2D eigenvalue weighted by Crippen LogP contribution is -2.37. The molecular formula is C16H25NS. The highest BCUT2D eigenvalue weighted by atomic mass is 32.1. The summed E-state index contributed by atoms with van der Waals surface area (Å²) in [4.78, 5) is 0. The summed E-state index contributed by atoms with van der Waals surface area (Å²) >= 11 is 1.80. The third kappa shape index (κ3) is 2.90. The Morgan fingerprint density at radius 1 is 0.944 bits per heavy atom. The maximum atomic E-state index is 3.82. The van der Waals surface area contributed by atoms with Gasteiger partial charge in [0.25, 0.3) is 0 Å². The lowest BCUT2D eigenvalue weighted by Gasteiger charge is -2.39. The number of nitrogens with one attached hydrogen (secondary N) is 1. The molecule has 2 fully saturated rings. The van der Waals surface area contributed by atoms with E-state index in [1.165, 1.54) is 63.5 Å². The molecule has 1 aromatic heterocycles. The van der Waals surface area contributed by atoms with Gasteiger partial charge in [-0.25, -0.2) is 0 Å². The van der Waals surface area contributed by atoms with Gasteiger partial charge < -0.3 is 5.32 Å². The van der Waals surface area contributed by atoms with Gasteiger partial charge in [-0.1, -0.05) is 44.9 Å². The molecule has 2 atom stereocenters. The van der Waals surface area contributed by atoms with Gasteiger partial charge in [0.15, 0.2) is 0 Å². The van der Waals surface area contributed by atoms with Crippen molar-refractivity contribution in [1.82, 2.24) is 0 Å². The summed E-state index contributed by atoms with van der Waals surface area (Å²) in [5.41, 5.74) is 1.35. The molecule has 0 saturated heterocycles. The summed E-state index contributed by atoms with van der Waals surface area (Å²) in [5, 5.41) is 8.26. The Balaban J connectivity index is 1.65. The van der Waals surface area contributed by atoms with Gasteiger partial charge >= 0.3 is 0 Å². The van der Waals surface area contributed by atoms with Crippen molar-refractivity contribution in [3.63, 3.8) is 0 Å². The van der Waals surface area contributed by atoms with Crippen LogP contribution in [0.3, 0.4) is 0 Å². The van der Waals surface area contributed by atoms with Crippen LogP contribution >= 0.6 is 11.3 Å². The van der Waals surface area contributed by atoms with Crippen LogP contribution < -0.4 is 5.32 Å². The molecule has 1 N–H and O–H groups in total. The maximum Gasteiger partial charge on any atom is 0.0451 e. The lowest BCUT2D eigenvalue weighted by molar-refractivity contribution is 0.180. The van der Waals surface area contributed by atoms with Crippen molar-refractivity contribution < 1.29 is 0 Å². The van der Waals surface area contributed by atoms with Crippen LogP contribution in [0, 0.1) is 11.8 Å². The molecular weight excluding hydrogens is 238 g/mol. The van der Waals surface area contributed by atoms with Crippen LogP contribution in [0.2, 0.25) is 0 Å². The quantitative estimate of drug-likeness (QED) is 0.780. The van der Waals surface area contributed by atoms with Gasteiger partial charge in [0.1, 0.15) is 0 Å². The predicted octanol–water partition coefficient (Wildman–Crippen LogP) is 5.30. The molecule has 3 rings (SSSR count). The molecule has 0 aromatic carbocycles. The maximum absolute atomic E-state index is 3.82. The standard InChI is InChI=1S/C16H25NS/c1-2-6-13(7-3-1)15-8-4-5-9-16(15)17-14-10-11-18-12-14/h10-13,15-17H,1-9H2. The molecule has 18 heavy (non-hydrogen) atoms. The molecule has 2 aliphatic rings. The van der Waals surface area contributed by atoms with Gasteiger partial charge in [-0.05, 0) is 36.1 Å². The fraction of sp³-hybridized carbons (Fsp3) is 0.750. The Hall–Kier alpha value is -0.500. The molecule has 1 nitrogen and oxygen atoms in total. The molecule has 2 aliphatic carbocycles. The minimum absolute atomic E-state index is 0.747. The molecule has 0 bridgehead atoms. The Morgan fingerprint density at radius 3 is 2.50 bits per heavy atom. The fourth-order valence-electron chi connectivity index (χ4n) is 4.03. The van der Waals surface area contributed by atoms with E-state index in [4.69, 9.17) is 0 Å². The minimum atomic E-state index is 0.747. The molecule has 1 aromatic rings. The molecule has 0 amide bonds. The Morgan fingerprint density at radius 2 is 1.72 bits per heavy atom.